The van der Waals surface area contributed by atoms with Gasteiger partial charge in [0.2, 0.25) is 5.89 Å². The van der Waals surface area contributed by atoms with E-state index in [1.54, 1.807) is 24.0 Å². The van der Waals surface area contributed by atoms with Crippen LogP contribution in [-0.2, 0) is 7.05 Å². The second-order valence-electron chi connectivity index (χ2n) is 6.96. The number of nitrogens with two attached hydrogens (primary N) is 1. The van der Waals surface area contributed by atoms with Gasteiger partial charge in [0.1, 0.15) is 5.76 Å². The van der Waals surface area contributed by atoms with Gasteiger partial charge in [-0.05, 0) is 24.0 Å². The molecule has 3 N–H and O–H groups in total. The quantitative estimate of drug-likeness (QED) is 0.698. The molecule has 27 heavy (non-hydrogen) atoms. The number of benzene rings is 1. The number of amides is 1. The summed E-state index contributed by atoms with van der Waals surface area (Å²) >= 11 is 0. The van der Waals surface area contributed by atoms with Crippen molar-refractivity contribution in [2.24, 2.45) is 12.8 Å². The van der Waals surface area contributed by atoms with Gasteiger partial charge < -0.3 is 15.5 Å². The average Bonchev–Trinajstić information content (AvgIpc) is 3.25. The lowest BCUT2D eigenvalue weighted by atomic mass is 9.99. The number of rotatable bonds is 6. The third kappa shape index (κ3) is 4.25. The second-order valence-corrected chi connectivity index (χ2v) is 6.96. The van der Waals surface area contributed by atoms with Crippen molar-refractivity contribution in [2.75, 3.05) is 6.54 Å². The molecule has 7 heteroatoms. The largest absolute Gasteiger partial charge is 0.440 e. The molecular formula is C20H25N5O2. The predicted molar refractivity (Wildman–Crippen MR) is 103 cm³/mol. The molecule has 1 aromatic carbocycles. The molecule has 0 bridgehead atoms. The lowest BCUT2D eigenvalue weighted by Crippen LogP contribution is -2.32. The van der Waals surface area contributed by atoms with E-state index in [9.17, 15) is 4.79 Å². The van der Waals surface area contributed by atoms with Crippen molar-refractivity contribution in [1.29, 1.82) is 0 Å². The molecule has 1 atom stereocenters. The highest BCUT2D eigenvalue weighted by atomic mass is 16.4. The molecule has 142 valence electrons. The highest BCUT2D eigenvalue weighted by Gasteiger charge is 2.19. The SMILES string of the molecule is Cc1oc(-c2cnn(C)c2)nc1C(=O)NCC(N)c1ccc(C(C)C)cc1. The van der Waals surface area contributed by atoms with Crippen LogP contribution in [0.4, 0.5) is 0 Å². The van der Waals surface area contributed by atoms with Gasteiger partial charge in [0.15, 0.2) is 5.69 Å². The van der Waals surface area contributed by atoms with Crippen molar-refractivity contribution < 1.29 is 9.21 Å². The monoisotopic (exact) mass is 367 g/mol. The van der Waals surface area contributed by atoms with E-state index < -0.39 is 0 Å². The van der Waals surface area contributed by atoms with Crippen molar-refractivity contribution in [2.45, 2.75) is 32.7 Å². The molecule has 0 aliphatic heterocycles. The Kier molecular flexibility index (Phi) is 5.41. The molecule has 0 spiro atoms. The molecule has 2 aromatic heterocycles. The van der Waals surface area contributed by atoms with Crippen LogP contribution in [0.2, 0.25) is 0 Å². The Morgan fingerprint density at radius 2 is 1.93 bits per heavy atom. The van der Waals surface area contributed by atoms with Crippen molar-refractivity contribution in [3.8, 4) is 11.5 Å². The normalized spacial score (nSPS) is 12.4. The Labute approximate surface area is 158 Å². The van der Waals surface area contributed by atoms with Crippen molar-refractivity contribution >= 4 is 5.91 Å². The standard InChI is InChI=1S/C20H25N5O2/c1-12(2)14-5-7-15(8-6-14)17(21)10-22-19(26)18-13(3)27-20(24-18)16-9-23-25(4)11-16/h5-9,11-12,17H,10,21H2,1-4H3,(H,22,26). The maximum absolute atomic E-state index is 12.5. The first-order chi connectivity index (χ1) is 12.8. The molecule has 0 fully saturated rings. The minimum Gasteiger partial charge on any atom is -0.440 e. The van der Waals surface area contributed by atoms with E-state index in [1.165, 1.54) is 5.56 Å². The number of aromatic nitrogens is 3. The van der Waals surface area contributed by atoms with Gasteiger partial charge in [0, 0.05) is 25.8 Å². The third-order valence-electron chi connectivity index (χ3n) is 4.48. The van der Waals surface area contributed by atoms with Gasteiger partial charge in [-0.1, -0.05) is 38.1 Å². The summed E-state index contributed by atoms with van der Waals surface area (Å²) in [5.41, 5.74) is 9.44. The lowest BCUT2D eigenvalue weighted by Gasteiger charge is -2.14. The van der Waals surface area contributed by atoms with Crippen LogP contribution >= 0.6 is 0 Å². The first-order valence-corrected chi connectivity index (χ1v) is 8.95. The summed E-state index contributed by atoms with van der Waals surface area (Å²) in [6.07, 6.45) is 3.42. The highest BCUT2D eigenvalue weighted by molar-refractivity contribution is 5.93. The minimum absolute atomic E-state index is 0.260. The van der Waals surface area contributed by atoms with Crippen molar-refractivity contribution in [3.05, 3.63) is 59.2 Å². The van der Waals surface area contributed by atoms with E-state index in [2.05, 4.69) is 41.4 Å². The summed E-state index contributed by atoms with van der Waals surface area (Å²) in [5.74, 6) is 1.00. The van der Waals surface area contributed by atoms with Crippen LogP contribution < -0.4 is 11.1 Å². The smallest absolute Gasteiger partial charge is 0.273 e. The number of aryl methyl sites for hydroxylation is 2. The molecular weight excluding hydrogens is 342 g/mol. The first-order valence-electron chi connectivity index (χ1n) is 8.95. The van der Waals surface area contributed by atoms with E-state index in [1.807, 2.05) is 19.2 Å². The molecule has 0 aliphatic carbocycles. The van der Waals surface area contributed by atoms with Crippen LogP contribution in [0.25, 0.3) is 11.5 Å². The number of carbonyl (C=O) groups is 1. The number of oxazole rings is 1. The summed E-state index contributed by atoms with van der Waals surface area (Å²) in [5, 5.41) is 6.92. The average molecular weight is 367 g/mol. The molecule has 1 unspecified atom stereocenters. The fraction of sp³-hybridized carbons (Fsp3) is 0.350. The fourth-order valence-electron chi connectivity index (χ4n) is 2.79. The number of nitrogens with zero attached hydrogens (tertiary/aromatic N) is 3. The summed E-state index contributed by atoms with van der Waals surface area (Å²) in [6.45, 7) is 6.32. The Hall–Kier alpha value is -2.93. The molecule has 0 aliphatic rings. The van der Waals surface area contributed by atoms with Crippen molar-refractivity contribution in [1.82, 2.24) is 20.1 Å². The zero-order chi connectivity index (χ0) is 19.6. The molecule has 0 saturated carbocycles. The minimum atomic E-state index is -0.305. The zero-order valence-electron chi connectivity index (χ0n) is 16.1. The van der Waals surface area contributed by atoms with Crippen LogP contribution in [0.5, 0.6) is 0 Å². The van der Waals surface area contributed by atoms with Gasteiger partial charge in [-0.2, -0.15) is 5.10 Å². The summed E-state index contributed by atoms with van der Waals surface area (Å²) in [6, 6.07) is 7.87. The number of hydrogen-bond donors (Lipinski definition) is 2. The molecule has 0 radical (unpaired) electrons. The van der Waals surface area contributed by atoms with Gasteiger partial charge in [0.25, 0.3) is 5.91 Å². The van der Waals surface area contributed by atoms with Gasteiger partial charge in [0.05, 0.1) is 11.8 Å². The Bertz CT molecular complexity index is 924. The van der Waals surface area contributed by atoms with Gasteiger partial charge in [-0.3, -0.25) is 9.48 Å². The summed E-state index contributed by atoms with van der Waals surface area (Å²) in [4.78, 5) is 16.8. The van der Waals surface area contributed by atoms with Crippen LogP contribution in [0.15, 0.2) is 41.1 Å². The van der Waals surface area contributed by atoms with E-state index >= 15 is 0 Å². The van der Waals surface area contributed by atoms with E-state index in [0.717, 1.165) is 11.1 Å². The first kappa shape index (κ1) is 18.8. The number of carbonyl (C=O) groups excluding carboxylic acids is 1. The Balaban J connectivity index is 1.64. The highest BCUT2D eigenvalue weighted by Crippen LogP contribution is 2.21. The van der Waals surface area contributed by atoms with E-state index in [-0.39, 0.29) is 17.6 Å². The van der Waals surface area contributed by atoms with Crippen molar-refractivity contribution in [3.63, 3.8) is 0 Å². The third-order valence-corrected chi connectivity index (χ3v) is 4.48. The maximum Gasteiger partial charge on any atom is 0.273 e. The Morgan fingerprint density at radius 3 is 2.52 bits per heavy atom. The van der Waals surface area contributed by atoms with Gasteiger partial charge in [-0.15, -0.1) is 0 Å². The van der Waals surface area contributed by atoms with Crippen LogP contribution in [0, 0.1) is 6.92 Å². The zero-order valence-corrected chi connectivity index (χ0v) is 16.1. The molecule has 3 rings (SSSR count). The Morgan fingerprint density at radius 1 is 1.26 bits per heavy atom. The molecule has 3 aromatic rings. The van der Waals surface area contributed by atoms with Crippen LogP contribution in [-0.4, -0.2) is 27.2 Å². The summed E-state index contributed by atoms with van der Waals surface area (Å²) < 4.78 is 7.26. The van der Waals surface area contributed by atoms with E-state index in [4.69, 9.17) is 10.2 Å². The molecule has 1 amide bonds. The molecule has 0 saturated heterocycles. The van der Waals surface area contributed by atoms with Gasteiger partial charge in [-0.25, -0.2) is 4.98 Å². The topological polar surface area (TPSA) is 99.0 Å². The number of nitrogens with one attached hydrogen (secondary N) is 1. The van der Waals surface area contributed by atoms with E-state index in [0.29, 0.717) is 24.1 Å². The molecule has 2 heterocycles. The fourth-order valence-corrected chi connectivity index (χ4v) is 2.79. The predicted octanol–water partition coefficient (Wildman–Crippen LogP) is 2.94. The summed E-state index contributed by atoms with van der Waals surface area (Å²) in [7, 11) is 1.81. The van der Waals surface area contributed by atoms with Crippen LogP contribution in [0.3, 0.4) is 0 Å². The lowest BCUT2D eigenvalue weighted by molar-refractivity contribution is 0.0945. The number of hydrogen-bond acceptors (Lipinski definition) is 5. The van der Waals surface area contributed by atoms with Crippen LogP contribution in [0.1, 0.15) is 53.2 Å². The second kappa shape index (κ2) is 7.75. The molecule has 7 nitrogen and oxygen atoms in total. The van der Waals surface area contributed by atoms with Gasteiger partial charge >= 0.3 is 0 Å². The maximum atomic E-state index is 12.5.